The van der Waals surface area contributed by atoms with Crippen molar-refractivity contribution in [1.82, 2.24) is 9.97 Å². The SMILES string of the molecule is CCNc1cc(COC)nc(-c2cccc(Cl)c2Cl)n1. The molecule has 0 aliphatic heterocycles. The lowest BCUT2D eigenvalue weighted by Crippen LogP contribution is -2.05. The van der Waals surface area contributed by atoms with Crippen LogP contribution in [0.25, 0.3) is 11.4 Å². The van der Waals surface area contributed by atoms with Crippen LogP contribution in [0.4, 0.5) is 5.82 Å². The molecule has 1 aromatic carbocycles. The molecule has 1 N–H and O–H groups in total. The molecule has 0 bridgehead atoms. The van der Waals surface area contributed by atoms with Crippen LogP contribution in [0.2, 0.25) is 10.0 Å². The van der Waals surface area contributed by atoms with E-state index in [1.54, 1.807) is 13.2 Å². The van der Waals surface area contributed by atoms with Gasteiger partial charge >= 0.3 is 0 Å². The molecule has 20 heavy (non-hydrogen) atoms. The molecule has 0 saturated heterocycles. The minimum atomic E-state index is 0.409. The largest absolute Gasteiger partial charge is 0.378 e. The number of halogens is 2. The highest BCUT2D eigenvalue weighted by Crippen LogP contribution is 2.32. The van der Waals surface area contributed by atoms with Gasteiger partial charge in [-0.2, -0.15) is 0 Å². The van der Waals surface area contributed by atoms with Gasteiger partial charge in [0.05, 0.1) is 22.3 Å². The van der Waals surface area contributed by atoms with Crippen molar-refractivity contribution < 1.29 is 4.74 Å². The number of ether oxygens (including phenoxy) is 1. The third-order valence-electron chi connectivity index (χ3n) is 2.62. The molecule has 106 valence electrons. The van der Waals surface area contributed by atoms with E-state index in [0.717, 1.165) is 18.1 Å². The lowest BCUT2D eigenvalue weighted by molar-refractivity contribution is 0.181. The first kappa shape index (κ1) is 15.0. The third kappa shape index (κ3) is 3.39. The zero-order chi connectivity index (χ0) is 14.5. The fourth-order valence-electron chi connectivity index (χ4n) is 1.79. The summed E-state index contributed by atoms with van der Waals surface area (Å²) < 4.78 is 5.13. The van der Waals surface area contributed by atoms with Gasteiger partial charge in [0, 0.05) is 25.3 Å². The van der Waals surface area contributed by atoms with Crippen LogP contribution in [-0.2, 0) is 11.3 Å². The van der Waals surface area contributed by atoms with Gasteiger partial charge in [-0.3, -0.25) is 0 Å². The van der Waals surface area contributed by atoms with E-state index in [0.29, 0.717) is 28.0 Å². The number of anilines is 1. The summed E-state index contributed by atoms with van der Waals surface area (Å²) >= 11 is 12.3. The number of benzene rings is 1. The van der Waals surface area contributed by atoms with E-state index >= 15 is 0 Å². The molecule has 0 fully saturated rings. The number of methoxy groups -OCH3 is 1. The van der Waals surface area contributed by atoms with Gasteiger partial charge in [0.2, 0.25) is 0 Å². The highest BCUT2D eigenvalue weighted by molar-refractivity contribution is 6.43. The van der Waals surface area contributed by atoms with Crippen molar-refractivity contribution in [2.75, 3.05) is 19.0 Å². The summed E-state index contributed by atoms with van der Waals surface area (Å²) in [5.74, 6) is 1.27. The van der Waals surface area contributed by atoms with Crippen molar-refractivity contribution in [3.63, 3.8) is 0 Å². The Morgan fingerprint density at radius 3 is 2.75 bits per heavy atom. The number of nitrogens with one attached hydrogen (secondary N) is 1. The fourth-order valence-corrected chi connectivity index (χ4v) is 2.17. The van der Waals surface area contributed by atoms with Gasteiger partial charge in [0.15, 0.2) is 5.82 Å². The van der Waals surface area contributed by atoms with Crippen molar-refractivity contribution >= 4 is 29.0 Å². The highest BCUT2D eigenvalue weighted by Gasteiger charge is 2.12. The van der Waals surface area contributed by atoms with E-state index in [1.165, 1.54) is 0 Å². The Morgan fingerprint density at radius 2 is 2.05 bits per heavy atom. The van der Waals surface area contributed by atoms with Gasteiger partial charge in [0.1, 0.15) is 5.82 Å². The van der Waals surface area contributed by atoms with Gasteiger partial charge in [-0.1, -0.05) is 29.3 Å². The quantitative estimate of drug-likeness (QED) is 0.905. The zero-order valence-corrected chi connectivity index (χ0v) is 12.8. The maximum Gasteiger partial charge on any atom is 0.163 e. The lowest BCUT2D eigenvalue weighted by atomic mass is 10.2. The summed E-state index contributed by atoms with van der Waals surface area (Å²) in [6.45, 7) is 3.18. The molecular formula is C14H15Cl2N3O. The smallest absolute Gasteiger partial charge is 0.163 e. The van der Waals surface area contributed by atoms with Crippen molar-refractivity contribution in [1.29, 1.82) is 0 Å². The zero-order valence-electron chi connectivity index (χ0n) is 11.3. The molecule has 1 heterocycles. The lowest BCUT2D eigenvalue weighted by Gasteiger charge is -2.10. The van der Waals surface area contributed by atoms with E-state index in [1.807, 2.05) is 25.1 Å². The predicted molar refractivity (Wildman–Crippen MR) is 82.4 cm³/mol. The van der Waals surface area contributed by atoms with Crippen molar-refractivity contribution in [3.05, 3.63) is 40.0 Å². The Hall–Kier alpha value is -1.36. The van der Waals surface area contributed by atoms with Crippen LogP contribution >= 0.6 is 23.2 Å². The molecule has 0 aliphatic carbocycles. The molecule has 2 rings (SSSR count). The Bertz CT molecular complexity index is 581. The predicted octanol–water partition coefficient (Wildman–Crippen LogP) is 4.03. The Kier molecular flexibility index (Phi) is 5.17. The normalized spacial score (nSPS) is 10.6. The van der Waals surface area contributed by atoms with Gasteiger partial charge in [-0.05, 0) is 19.1 Å². The Labute approximate surface area is 128 Å². The van der Waals surface area contributed by atoms with Crippen molar-refractivity contribution in [3.8, 4) is 11.4 Å². The molecule has 0 saturated carbocycles. The van der Waals surface area contributed by atoms with Gasteiger partial charge in [0.25, 0.3) is 0 Å². The monoisotopic (exact) mass is 311 g/mol. The first-order valence-corrected chi connectivity index (χ1v) is 6.96. The number of hydrogen-bond donors (Lipinski definition) is 1. The fraction of sp³-hybridized carbons (Fsp3) is 0.286. The molecule has 0 radical (unpaired) electrons. The summed E-state index contributed by atoms with van der Waals surface area (Å²) in [5, 5.41) is 4.10. The van der Waals surface area contributed by atoms with E-state index in [-0.39, 0.29) is 0 Å². The first-order chi connectivity index (χ1) is 9.65. The van der Waals surface area contributed by atoms with Crippen LogP contribution in [-0.4, -0.2) is 23.6 Å². The minimum Gasteiger partial charge on any atom is -0.378 e. The molecule has 2 aromatic rings. The second-order valence-corrected chi connectivity index (χ2v) is 4.92. The minimum absolute atomic E-state index is 0.409. The summed E-state index contributed by atoms with van der Waals surface area (Å²) in [6.07, 6.45) is 0. The van der Waals surface area contributed by atoms with Gasteiger partial charge < -0.3 is 10.1 Å². The van der Waals surface area contributed by atoms with Crippen LogP contribution in [0.3, 0.4) is 0 Å². The van der Waals surface area contributed by atoms with E-state index < -0.39 is 0 Å². The maximum atomic E-state index is 6.22. The van der Waals surface area contributed by atoms with E-state index in [4.69, 9.17) is 27.9 Å². The van der Waals surface area contributed by atoms with Crippen molar-refractivity contribution in [2.24, 2.45) is 0 Å². The summed E-state index contributed by atoms with van der Waals surface area (Å²) in [5.41, 5.74) is 1.49. The third-order valence-corrected chi connectivity index (χ3v) is 3.44. The standard InChI is InChI=1S/C14H15Cl2N3O/c1-3-17-12-7-9(8-20-2)18-14(19-12)10-5-4-6-11(15)13(10)16/h4-7H,3,8H2,1-2H3,(H,17,18,19). The van der Waals surface area contributed by atoms with Crippen LogP contribution in [0.1, 0.15) is 12.6 Å². The van der Waals surface area contributed by atoms with E-state index in [9.17, 15) is 0 Å². The van der Waals surface area contributed by atoms with Crippen molar-refractivity contribution in [2.45, 2.75) is 13.5 Å². The highest BCUT2D eigenvalue weighted by atomic mass is 35.5. The summed E-state index contributed by atoms with van der Waals surface area (Å²) in [7, 11) is 1.63. The van der Waals surface area contributed by atoms with Crippen LogP contribution in [0.15, 0.2) is 24.3 Å². The molecule has 1 aromatic heterocycles. The molecule has 6 heteroatoms. The summed E-state index contributed by atoms with van der Waals surface area (Å²) in [4.78, 5) is 8.92. The number of nitrogens with zero attached hydrogens (tertiary/aromatic N) is 2. The topological polar surface area (TPSA) is 47.0 Å². The van der Waals surface area contributed by atoms with Gasteiger partial charge in [-0.25, -0.2) is 9.97 Å². The second kappa shape index (κ2) is 6.88. The van der Waals surface area contributed by atoms with Crippen LogP contribution < -0.4 is 5.32 Å². The number of hydrogen-bond acceptors (Lipinski definition) is 4. The molecule has 0 atom stereocenters. The number of rotatable bonds is 5. The molecular weight excluding hydrogens is 297 g/mol. The second-order valence-electron chi connectivity index (χ2n) is 4.13. The molecule has 0 aliphatic rings. The number of aromatic nitrogens is 2. The molecule has 0 unspecified atom stereocenters. The van der Waals surface area contributed by atoms with Gasteiger partial charge in [-0.15, -0.1) is 0 Å². The Balaban J connectivity index is 2.51. The average Bonchev–Trinajstić information content (AvgIpc) is 2.42. The first-order valence-electron chi connectivity index (χ1n) is 6.20. The molecule has 0 amide bonds. The molecule has 4 nitrogen and oxygen atoms in total. The molecule has 0 spiro atoms. The van der Waals surface area contributed by atoms with Crippen LogP contribution in [0, 0.1) is 0 Å². The summed E-state index contributed by atoms with van der Waals surface area (Å²) in [6, 6.07) is 7.26. The maximum absolute atomic E-state index is 6.22. The van der Waals surface area contributed by atoms with E-state index in [2.05, 4.69) is 15.3 Å². The van der Waals surface area contributed by atoms with Crippen LogP contribution in [0.5, 0.6) is 0 Å². The Morgan fingerprint density at radius 1 is 1.25 bits per heavy atom. The average molecular weight is 312 g/mol.